The first-order chi connectivity index (χ1) is 17.3. The third kappa shape index (κ3) is 5.64. The van der Waals surface area contributed by atoms with Crippen molar-refractivity contribution in [1.82, 2.24) is 25.1 Å². The molecule has 0 spiro atoms. The number of nitrogens with zero attached hydrogens (tertiary/aromatic N) is 5. The number of rotatable bonds is 5. The molecule has 1 amide bonds. The summed E-state index contributed by atoms with van der Waals surface area (Å²) in [5.74, 6) is 0.353. The molecule has 10 heteroatoms. The van der Waals surface area contributed by atoms with Gasteiger partial charge in [-0.25, -0.2) is 14.5 Å². The Morgan fingerprint density at radius 2 is 2.08 bits per heavy atom. The lowest BCUT2D eigenvalue weighted by atomic mass is 10.1. The summed E-state index contributed by atoms with van der Waals surface area (Å²) >= 11 is 3.52. The van der Waals surface area contributed by atoms with Crippen LogP contribution in [0.3, 0.4) is 0 Å². The number of ether oxygens (including phenoxy) is 2. The summed E-state index contributed by atoms with van der Waals surface area (Å²) in [4.78, 5) is 23.4. The van der Waals surface area contributed by atoms with Gasteiger partial charge in [0.1, 0.15) is 15.9 Å². The number of alkyl carbamates (subject to hydrolysis) is 1. The number of amides is 1. The second kappa shape index (κ2) is 10.3. The minimum atomic E-state index is -0.496. The van der Waals surface area contributed by atoms with E-state index < -0.39 is 5.60 Å². The first kappa shape index (κ1) is 25.0. The van der Waals surface area contributed by atoms with E-state index >= 15 is 0 Å². The first-order valence-corrected chi connectivity index (χ1v) is 13.4. The highest BCUT2D eigenvalue weighted by Crippen LogP contribution is 2.35. The zero-order chi connectivity index (χ0) is 25.3. The summed E-state index contributed by atoms with van der Waals surface area (Å²) in [6.07, 6.45) is 9.32. The number of carbonyl (C=O) groups is 1. The van der Waals surface area contributed by atoms with Crippen molar-refractivity contribution in [2.75, 3.05) is 31.1 Å². The molecule has 0 aliphatic carbocycles. The van der Waals surface area contributed by atoms with E-state index in [4.69, 9.17) is 14.6 Å². The fourth-order valence-corrected chi connectivity index (χ4v) is 5.20. The van der Waals surface area contributed by atoms with Crippen LogP contribution in [0, 0.1) is 5.92 Å². The largest absolute Gasteiger partial charge is 0.444 e. The van der Waals surface area contributed by atoms with Crippen molar-refractivity contribution in [3.63, 3.8) is 0 Å². The molecular weight excluding hydrogens is 524 g/mol. The normalized spacial score (nSPS) is 20.6. The van der Waals surface area contributed by atoms with E-state index in [0.29, 0.717) is 12.5 Å². The molecule has 2 aliphatic rings. The molecule has 192 valence electrons. The van der Waals surface area contributed by atoms with Crippen LogP contribution in [-0.4, -0.2) is 57.7 Å². The zero-order valence-electron chi connectivity index (χ0n) is 21.0. The van der Waals surface area contributed by atoms with Gasteiger partial charge >= 0.3 is 6.09 Å². The highest BCUT2D eigenvalue weighted by molar-refractivity contribution is 9.10. The summed E-state index contributed by atoms with van der Waals surface area (Å²) in [6.45, 7) is 8.71. The standard InChI is InChI=1S/C26H33BrN6O3/c1-26(2,3)36-25(34)30-12-17-7-8-32(16-17)19-10-18(13-28-14-19)24-20-11-22(27)29-15-21(20)33(31-24)23-6-4-5-9-35-23/h10-11,13-15,17,23H,4-9,12,16H2,1-3H3,(H,30,34)/t17-,23?/m1/s1. The van der Waals surface area contributed by atoms with Crippen LogP contribution in [0.5, 0.6) is 0 Å². The minimum absolute atomic E-state index is 0.0778. The van der Waals surface area contributed by atoms with Gasteiger partial charge in [0.25, 0.3) is 0 Å². The molecule has 1 N–H and O–H groups in total. The lowest BCUT2D eigenvalue weighted by Crippen LogP contribution is -2.36. The number of fused-ring (bicyclic) bond motifs is 1. The number of hydrogen-bond donors (Lipinski definition) is 1. The molecule has 1 unspecified atom stereocenters. The van der Waals surface area contributed by atoms with Gasteiger partial charge in [0.2, 0.25) is 0 Å². The number of halogens is 1. The third-order valence-electron chi connectivity index (χ3n) is 6.57. The van der Waals surface area contributed by atoms with Crippen molar-refractivity contribution in [2.24, 2.45) is 5.92 Å². The van der Waals surface area contributed by atoms with Crippen LogP contribution >= 0.6 is 15.9 Å². The molecule has 0 radical (unpaired) electrons. The van der Waals surface area contributed by atoms with Gasteiger partial charge in [-0.3, -0.25) is 4.98 Å². The van der Waals surface area contributed by atoms with Gasteiger partial charge in [0.15, 0.2) is 6.23 Å². The fraction of sp³-hybridized carbons (Fsp3) is 0.538. The Bertz CT molecular complexity index is 1230. The predicted molar refractivity (Wildman–Crippen MR) is 142 cm³/mol. The van der Waals surface area contributed by atoms with Crippen LogP contribution in [0.25, 0.3) is 22.2 Å². The summed E-state index contributed by atoms with van der Waals surface area (Å²) in [5, 5.41) is 8.93. The van der Waals surface area contributed by atoms with Gasteiger partial charge in [-0.15, -0.1) is 0 Å². The Labute approximate surface area is 219 Å². The van der Waals surface area contributed by atoms with Crippen LogP contribution in [0.1, 0.15) is 52.7 Å². The Morgan fingerprint density at radius 1 is 1.22 bits per heavy atom. The molecule has 5 rings (SSSR count). The Hall–Kier alpha value is -2.72. The maximum atomic E-state index is 12.0. The van der Waals surface area contributed by atoms with Crippen LogP contribution in [0.15, 0.2) is 35.3 Å². The van der Waals surface area contributed by atoms with Crippen LogP contribution in [-0.2, 0) is 9.47 Å². The van der Waals surface area contributed by atoms with E-state index in [2.05, 4.69) is 42.2 Å². The quantitative estimate of drug-likeness (QED) is 0.425. The van der Waals surface area contributed by atoms with Gasteiger partial charge < -0.3 is 19.7 Å². The summed E-state index contributed by atoms with van der Waals surface area (Å²) < 4.78 is 14.1. The number of carbonyl (C=O) groups excluding carboxylic acids is 1. The fourth-order valence-electron chi connectivity index (χ4n) is 4.87. The number of anilines is 1. The number of pyridine rings is 2. The van der Waals surface area contributed by atoms with Crippen molar-refractivity contribution in [3.8, 4) is 11.3 Å². The molecule has 0 bridgehead atoms. The Balaban J connectivity index is 1.34. The molecule has 2 atom stereocenters. The molecule has 0 aromatic carbocycles. The van der Waals surface area contributed by atoms with E-state index in [1.54, 1.807) is 0 Å². The van der Waals surface area contributed by atoms with Crippen molar-refractivity contribution < 1.29 is 14.3 Å². The molecule has 2 saturated heterocycles. The van der Waals surface area contributed by atoms with E-state index in [1.165, 1.54) is 0 Å². The zero-order valence-corrected chi connectivity index (χ0v) is 22.6. The smallest absolute Gasteiger partial charge is 0.407 e. The summed E-state index contributed by atoms with van der Waals surface area (Å²) in [6, 6.07) is 4.16. The molecule has 36 heavy (non-hydrogen) atoms. The third-order valence-corrected chi connectivity index (χ3v) is 7.00. The molecule has 5 heterocycles. The Kier molecular flexibility index (Phi) is 7.16. The summed E-state index contributed by atoms with van der Waals surface area (Å²) in [7, 11) is 0. The van der Waals surface area contributed by atoms with Crippen LogP contribution in [0.4, 0.5) is 10.5 Å². The molecule has 2 aliphatic heterocycles. The number of aromatic nitrogens is 4. The van der Waals surface area contributed by atoms with Crippen molar-refractivity contribution in [1.29, 1.82) is 0 Å². The van der Waals surface area contributed by atoms with Crippen molar-refractivity contribution in [3.05, 3.63) is 35.3 Å². The van der Waals surface area contributed by atoms with Gasteiger partial charge in [0.05, 0.1) is 23.6 Å². The average Bonchev–Trinajstić information content (AvgIpc) is 3.47. The number of hydrogen-bond acceptors (Lipinski definition) is 7. The monoisotopic (exact) mass is 556 g/mol. The highest BCUT2D eigenvalue weighted by atomic mass is 79.9. The van der Waals surface area contributed by atoms with E-state index in [9.17, 15) is 4.79 Å². The Morgan fingerprint density at radius 3 is 2.86 bits per heavy atom. The second-order valence-electron chi connectivity index (χ2n) is 10.6. The van der Waals surface area contributed by atoms with Gasteiger partial charge in [-0.2, -0.15) is 5.10 Å². The SMILES string of the molecule is CC(C)(C)OC(=O)NC[C@H]1CCN(c2cncc(-c3nn(C4CCCCO4)c4cnc(Br)cc34)c2)C1. The molecule has 2 fully saturated rings. The predicted octanol–water partition coefficient (Wildman–Crippen LogP) is 5.31. The minimum Gasteiger partial charge on any atom is -0.444 e. The lowest BCUT2D eigenvalue weighted by Gasteiger charge is -2.23. The average molecular weight is 557 g/mol. The van der Waals surface area contributed by atoms with Crippen LogP contribution < -0.4 is 10.2 Å². The lowest BCUT2D eigenvalue weighted by molar-refractivity contribution is -0.0365. The summed E-state index contributed by atoms with van der Waals surface area (Å²) in [5.41, 5.74) is 3.35. The van der Waals surface area contributed by atoms with Crippen LogP contribution in [0.2, 0.25) is 0 Å². The molecule has 0 saturated carbocycles. The topological polar surface area (TPSA) is 94.4 Å². The van der Waals surface area contributed by atoms with Gasteiger partial charge in [-0.1, -0.05) is 0 Å². The van der Waals surface area contributed by atoms with E-state index in [0.717, 1.165) is 77.8 Å². The maximum absolute atomic E-state index is 12.0. The van der Waals surface area contributed by atoms with Crippen molar-refractivity contribution in [2.45, 2.75) is 58.3 Å². The van der Waals surface area contributed by atoms with Gasteiger partial charge in [-0.05, 0) is 80.4 Å². The molecule has 9 nitrogen and oxygen atoms in total. The maximum Gasteiger partial charge on any atom is 0.407 e. The van der Waals surface area contributed by atoms with E-state index in [-0.39, 0.29) is 12.3 Å². The first-order valence-electron chi connectivity index (χ1n) is 12.6. The van der Waals surface area contributed by atoms with Gasteiger partial charge in [0, 0.05) is 43.4 Å². The van der Waals surface area contributed by atoms with E-state index in [1.807, 2.05) is 50.1 Å². The molecular formula is C26H33BrN6O3. The second-order valence-corrected chi connectivity index (χ2v) is 11.4. The highest BCUT2D eigenvalue weighted by Gasteiger charge is 2.26. The van der Waals surface area contributed by atoms with Crippen molar-refractivity contribution >= 4 is 38.6 Å². The molecule has 3 aromatic heterocycles. The molecule has 3 aromatic rings. The number of nitrogens with one attached hydrogen (secondary N) is 1.